The Morgan fingerprint density at radius 3 is 2.50 bits per heavy atom. The molecule has 2 rings (SSSR count). The van der Waals surface area contributed by atoms with E-state index in [1.807, 2.05) is 6.07 Å². The van der Waals surface area contributed by atoms with Crippen molar-refractivity contribution in [2.45, 2.75) is 12.8 Å². The molecule has 0 radical (unpaired) electrons. The maximum absolute atomic E-state index is 12.7. The fraction of sp³-hybridized carbons (Fsp3) is 0.167. The van der Waals surface area contributed by atoms with Crippen LogP contribution in [0.4, 0.5) is 4.39 Å². The SMILES string of the molecule is Fc1ccc(CCc2ccnc(Cl)n2)cc1. The van der Waals surface area contributed by atoms with Gasteiger partial charge in [0.05, 0.1) is 0 Å². The molecular weight excluding hydrogens is 227 g/mol. The largest absolute Gasteiger partial charge is 0.227 e. The fourth-order valence-corrected chi connectivity index (χ4v) is 1.60. The van der Waals surface area contributed by atoms with E-state index < -0.39 is 0 Å². The van der Waals surface area contributed by atoms with Gasteiger partial charge in [0, 0.05) is 11.9 Å². The first-order chi connectivity index (χ1) is 7.74. The molecule has 0 aliphatic heterocycles. The first kappa shape index (κ1) is 11.0. The second-order valence-electron chi connectivity index (χ2n) is 3.44. The number of aromatic nitrogens is 2. The molecule has 1 heterocycles. The van der Waals surface area contributed by atoms with E-state index in [9.17, 15) is 4.39 Å². The summed E-state index contributed by atoms with van der Waals surface area (Å²) < 4.78 is 12.7. The van der Waals surface area contributed by atoms with E-state index in [0.29, 0.717) is 0 Å². The molecule has 0 amide bonds. The molecule has 2 aromatic rings. The van der Waals surface area contributed by atoms with Crippen molar-refractivity contribution in [2.75, 3.05) is 0 Å². The molecule has 0 N–H and O–H groups in total. The Labute approximate surface area is 98.1 Å². The minimum absolute atomic E-state index is 0.214. The molecule has 1 aromatic carbocycles. The van der Waals surface area contributed by atoms with Gasteiger partial charge in [-0.25, -0.2) is 14.4 Å². The molecule has 4 heteroatoms. The Hall–Kier alpha value is -1.48. The first-order valence-corrected chi connectivity index (χ1v) is 5.34. The third kappa shape index (κ3) is 3.00. The molecule has 2 nitrogen and oxygen atoms in total. The summed E-state index contributed by atoms with van der Waals surface area (Å²) in [5.74, 6) is -0.214. The monoisotopic (exact) mass is 236 g/mol. The lowest BCUT2D eigenvalue weighted by atomic mass is 10.1. The van der Waals surface area contributed by atoms with Crippen molar-refractivity contribution >= 4 is 11.6 Å². The molecule has 16 heavy (non-hydrogen) atoms. The van der Waals surface area contributed by atoms with Gasteiger partial charge in [0.25, 0.3) is 0 Å². The zero-order valence-corrected chi connectivity index (χ0v) is 9.28. The highest BCUT2D eigenvalue weighted by molar-refractivity contribution is 6.28. The van der Waals surface area contributed by atoms with Crippen LogP contribution in [-0.2, 0) is 12.8 Å². The molecule has 0 saturated heterocycles. The summed E-state index contributed by atoms with van der Waals surface area (Å²) in [6, 6.07) is 8.30. The molecule has 0 aliphatic carbocycles. The van der Waals surface area contributed by atoms with Crippen LogP contribution in [0.1, 0.15) is 11.3 Å². The van der Waals surface area contributed by atoms with Crippen molar-refractivity contribution in [3.8, 4) is 0 Å². The van der Waals surface area contributed by atoms with E-state index in [1.165, 1.54) is 12.1 Å². The fourth-order valence-electron chi connectivity index (χ4n) is 1.43. The number of benzene rings is 1. The van der Waals surface area contributed by atoms with Crippen molar-refractivity contribution in [3.63, 3.8) is 0 Å². The van der Waals surface area contributed by atoms with Gasteiger partial charge in [-0.3, -0.25) is 0 Å². The van der Waals surface area contributed by atoms with Gasteiger partial charge in [-0.05, 0) is 48.2 Å². The summed E-state index contributed by atoms with van der Waals surface area (Å²) in [6.07, 6.45) is 3.22. The van der Waals surface area contributed by atoms with Gasteiger partial charge in [0.15, 0.2) is 0 Å². The highest BCUT2D eigenvalue weighted by Gasteiger charge is 1.99. The topological polar surface area (TPSA) is 25.8 Å². The number of nitrogens with zero attached hydrogens (tertiary/aromatic N) is 2. The highest BCUT2D eigenvalue weighted by Crippen LogP contribution is 2.08. The van der Waals surface area contributed by atoms with E-state index >= 15 is 0 Å². The van der Waals surface area contributed by atoms with Gasteiger partial charge in [-0.15, -0.1) is 0 Å². The van der Waals surface area contributed by atoms with Crippen molar-refractivity contribution in [2.24, 2.45) is 0 Å². The van der Waals surface area contributed by atoms with Crippen LogP contribution in [0.25, 0.3) is 0 Å². The summed E-state index contributed by atoms with van der Waals surface area (Å²) in [5, 5.41) is 0.261. The van der Waals surface area contributed by atoms with Crippen molar-refractivity contribution in [1.29, 1.82) is 0 Å². The van der Waals surface area contributed by atoms with Crippen molar-refractivity contribution in [1.82, 2.24) is 9.97 Å². The Morgan fingerprint density at radius 2 is 1.81 bits per heavy atom. The Kier molecular flexibility index (Phi) is 3.47. The molecule has 0 bridgehead atoms. The second kappa shape index (κ2) is 5.03. The zero-order chi connectivity index (χ0) is 11.4. The predicted octanol–water partition coefficient (Wildman–Crippen LogP) is 3.05. The summed E-state index contributed by atoms with van der Waals surface area (Å²) in [6.45, 7) is 0. The van der Waals surface area contributed by atoms with E-state index in [-0.39, 0.29) is 11.1 Å². The predicted molar refractivity (Wildman–Crippen MR) is 60.9 cm³/mol. The standard InChI is InChI=1S/C12H10ClFN2/c13-12-15-8-7-11(16-12)6-3-9-1-4-10(14)5-2-9/h1-2,4-5,7-8H,3,6H2. The quantitative estimate of drug-likeness (QED) is 0.766. The van der Waals surface area contributed by atoms with Crippen LogP contribution in [0.15, 0.2) is 36.5 Å². The van der Waals surface area contributed by atoms with Crippen molar-refractivity contribution in [3.05, 3.63) is 58.9 Å². The molecular formula is C12H10ClFN2. The van der Waals surface area contributed by atoms with E-state index in [0.717, 1.165) is 24.1 Å². The molecule has 0 fully saturated rings. The third-order valence-corrected chi connectivity index (χ3v) is 2.45. The minimum atomic E-state index is -0.214. The Morgan fingerprint density at radius 1 is 1.06 bits per heavy atom. The van der Waals surface area contributed by atoms with Gasteiger partial charge >= 0.3 is 0 Å². The van der Waals surface area contributed by atoms with Crippen LogP contribution in [0.3, 0.4) is 0 Å². The number of halogens is 2. The van der Waals surface area contributed by atoms with Crippen LogP contribution in [0.2, 0.25) is 5.28 Å². The average Bonchev–Trinajstić information content (AvgIpc) is 2.28. The molecule has 0 aliphatic rings. The highest BCUT2D eigenvalue weighted by atomic mass is 35.5. The lowest BCUT2D eigenvalue weighted by molar-refractivity contribution is 0.627. The summed E-state index contributed by atoms with van der Waals surface area (Å²) >= 11 is 5.68. The summed E-state index contributed by atoms with van der Waals surface area (Å²) in [5.41, 5.74) is 1.97. The normalized spacial score (nSPS) is 10.4. The van der Waals surface area contributed by atoms with Gasteiger partial charge in [-0.2, -0.15) is 0 Å². The van der Waals surface area contributed by atoms with Crippen LogP contribution in [0, 0.1) is 5.82 Å². The molecule has 0 atom stereocenters. The molecule has 1 aromatic heterocycles. The molecule has 82 valence electrons. The number of rotatable bonds is 3. The Balaban J connectivity index is 1.99. The maximum atomic E-state index is 12.7. The Bertz CT molecular complexity index is 471. The number of hydrogen-bond donors (Lipinski definition) is 0. The lowest BCUT2D eigenvalue weighted by Gasteiger charge is -2.01. The van der Waals surface area contributed by atoms with E-state index in [4.69, 9.17) is 11.6 Å². The molecule has 0 unspecified atom stereocenters. The zero-order valence-electron chi connectivity index (χ0n) is 8.53. The molecule has 0 saturated carbocycles. The third-order valence-electron chi connectivity index (χ3n) is 2.27. The number of hydrogen-bond acceptors (Lipinski definition) is 2. The molecule has 0 spiro atoms. The maximum Gasteiger partial charge on any atom is 0.222 e. The van der Waals surface area contributed by atoms with Crippen LogP contribution in [0.5, 0.6) is 0 Å². The van der Waals surface area contributed by atoms with Crippen LogP contribution < -0.4 is 0 Å². The smallest absolute Gasteiger partial charge is 0.222 e. The number of aryl methyl sites for hydroxylation is 2. The van der Waals surface area contributed by atoms with Gasteiger partial charge in [-0.1, -0.05) is 12.1 Å². The van der Waals surface area contributed by atoms with Gasteiger partial charge in [0.2, 0.25) is 5.28 Å². The van der Waals surface area contributed by atoms with Crippen LogP contribution in [-0.4, -0.2) is 9.97 Å². The lowest BCUT2D eigenvalue weighted by Crippen LogP contribution is -1.95. The van der Waals surface area contributed by atoms with E-state index in [1.54, 1.807) is 18.3 Å². The first-order valence-electron chi connectivity index (χ1n) is 4.96. The van der Waals surface area contributed by atoms with Crippen molar-refractivity contribution < 1.29 is 4.39 Å². The van der Waals surface area contributed by atoms with E-state index in [2.05, 4.69) is 9.97 Å². The average molecular weight is 237 g/mol. The van der Waals surface area contributed by atoms with Gasteiger partial charge in [0.1, 0.15) is 5.82 Å². The minimum Gasteiger partial charge on any atom is -0.227 e. The van der Waals surface area contributed by atoms with Crippen LogP contribution >= 0.6 is 11.6 Å². The summed E-state index contributed by atoms with van der Waals surface area (Å²) in [4.78, 5) is 7.90. The second-order valence-corrected chi connectivity index (χ2v) is 3.78. The van der Waals surface area contributed by atoms with Gasteiger partial charge < -0.3 is 0 Å². The summed E-state index contributed by atoms with van der Waals surface area (Å²) in [7, 11) is 0.